The first-order valence-corrected chi connectivity index (χ1v) is 8.19. The summed E-state index contributed by atoms with van der Waals surface area (Å²) in [6.45, 7) is 6.48. The number of carbonyl (C=O) groups excluding carboxylic acids is 2. The number of anilines is 1. The minimum atomic E-state index is -0.144. The minimum Gasteiger partial charge on any atom is -0.347 e. The van der Waals surface area contributed by atoms with E-state index in [0.717, 1.165) is 22.4 Å². The Kier molecular flexibility index (Phi) is 6.13. The van der Waals surface area contributed by atoms with Crippen LogP contribution in [0.3, 0.4) is 0 Å². The molecule has 0 saturated heterocycles. The molecule has 0 aliphatic carbocycles. The van der Waals surface area contributed by atoms with E-state index in [1.54, 1.807) is 4.90 Å². The highest BCUT2D eigenvalue weighted by Gasteiger charge is 2.15. The summed E-state index contributed by atoms with van der Waals surface area (Å²) in [4.78, 5) is 26.1. The molecule has 0 saturated carbocycles. The zero-order valence-corrected chi connectivity index (χ0v) is 14.5. The van der Waals surface area contributed by atoms with Gasteiger partial charge in [0.05, 0.1) is 13.0 Å². The molecule has 0 heterocycles. The van der Waals surface area contributed by atoms with Crippen LogP contribution >= 0.6 is 0 Å². The molecule has 0 aliphatic rings. The Morgan fingerprint density at radius 3 is 2.29 bits per heavy atom. The molecule has 2 aromatic carbocycles. The number of aryl methyl sites for hydroxylation is 2. The summed E-state index contributed by atoms with van der Waals surface area (Å²) in [5.74, 6) is -0.255. The lowest BCUT2D eigenvalue weighted by Crippen LogP contribution is -2.40. The monoisotopic (exact) mass is 324 g/mol. The quantitative estimate of drug-likeness (QED) is 0.888. The fourth-order valence-corrected chi connectivity index (χ4v) is 2.64. The van der Waals surface area contributed by atoms with Crippen LogP contribution in [0.4, 0.5) is 5.69 Å². The molecule has 2 rings (SSSR count). The van der Waals surface area contributed by atoms with Crippen LogP contribution in [0.1, 0.15) is 23.6 Å². The molecule has 1 N–H and O–H groups in total. The summed E-state index contributed by atoms with van der Waals surface area (Å²) < 4.78 is 0. The largest absolute Gasteiger partial charge is 0.347 e. The molecule has 4 heteroatoms. The highest BCUT2D eigenvalue weighted by Crippen LogP contribution is 2.15. The molecular formula is C20H24N2O2. The van der Waals surface area contributed by atoms with Gasteiger partial charge in [-0.1, -0.05) is 42.0 Å². The molecule has 0 fully saturated rings. The van der Waals surface area contributed by atoms with E-state index < -0.39 is 0 Å². The van der Waals surface area contributed by atoms with Crippen molar-refractivity contribution in [2.24, 2.45) is 0 Å². The average molecular weight is 324 g/mol. The van der Waals surface area contributed by atoms with E-state index >= 15 is 0 Å². The van der Waals surface area contributed by atoms with Gasteiger partial charge < -0.3 is 10.2 Å². The fraction of sp³-hybridized carbons (Fsp3) is 0.300. The van der Waals surface area contributed by atoms with Crippen LogP contribution in [0.5, 0.6) is 0 Å². The van der Waals surface area contributed by atoms with Crippen molar-refractivity contribution < 1.29 is 9.59 Å². The summed E-state index contributed by atoms with van der Waals surface area (Å²) in [5, 5.41) is 2.72. The van der Waals surface area contributed by atoms with E-state index in [9.17, 15) is 9.59 Å². The number of hydrogen-bond donors (Lipinski definition) is 1. The number of likely N-dealkylation sites (N-methyl/N-ethyl adjacent to an activating group) is 1. The Labute approximate surface area is 143 Å². The van der Waals surface area contributed by atoms with Crippen molar-refractivity contribution in [3.63, 3.8) is 0 Å². The van der Waals surface area contributed by atoms with Gasteiger partial charge in [-0.25, -0.2) is 0 Å². The lowest BCUT2D eigenvalue weighted by molar-refractivity contribution is -0.124. The first kappa shape index (κ1) is 17.7. The van der Waals surface area contributed by atoms with Crippen molar-refractivity contribution in [2.75, 3.05) is 18.0 Å². The van der Waals surface area contributed by atoms with Crippen LogP contribution in [-0.2, 0) is 16.0 Å². The van der Waals surface area contributed by atoms with E-state index in [1.165, 1.54) is 0 Å². The molecule has 2 amide bonds. The van der Waals surface area contributed by atoms with Gasteiger partial charge in [0.2, 0.25) is 11.8 Å². The summed E-state index contributed by atoms with van der Waals surface area (Å²) in [6.07, 6.45) is 0.283. The van der Waals surface area contributed by atoms with Crippen LogP contribution in [0, 0.1) is 13.8 Å². The van der Waals surface area contributed by atoms with E-state index in [-0.39, 0.29) is 24.8 Å². The number of hydrogen-bond acceptors (Lipinski definition) is 2. The van der Waals surface area contributed by atoms with Gasteiger partial charge in [0.1, 0.15) is 0 Å². The zero-order valence-electron chi connectivity index (χ0n) is 14.5. The van der Waals surface area contributed by atoms with Gasteiger partial charge in [0, 0.05) is 12.2 Å². The van der Waals surface area contributed by atoms with Gasteiger partial charge in [-0.15, -0.1) is 0 Å². The normalized spacial score (nSPS) is 10.3. The molecule has 4 nitrogen and oxygen atoms in total. The number of nitrogens with zero attached hydrogens (tertiary/aromatic N) is 1. The smallest absolute Gasteiger partial charge is 0.246 e. The number of benzene rings is 2. The fourth-order valence-electron chi connectivity index (χ4n) is 2.64. The first-order chi connectivity index (χ1) is 11.5. The molecule has 0 bridgehead atoms. The van der Waals surface area contributed by atoms with Crippen LogP contribution in [0.25, 0.3) is 0 Å². The van der Waals surface area contributed by atoms with Crippen molar-refractivity contribution in [1.82, 2.24) is 5.32 Å². The third kappa shape index (κ3) is 4.95. The second-order valence-corrected chi connectivity index (χ2v) is 5.92. The Hall–Kier alpha value is -2.62. The minimum absolute atomic E-state index is 0.00638. The van der Waals surface area contributed by atoms with Gasteiger partial charge in [-0.2, -0.15) is 0 Å². The first-order valence-electron chi connectivity index (χ1n) is 8.19. The van der Waals surface area contributed by atoms with Crippen LogP contribution in [0.2, 0.25) is 0 Å². The summed E-state index contributed by atoms with van der Waals surface area (Å²) in [7, 11) is 0. The second-order valence-electron chi connectivity index (χ2n) is 5.92. The molecule has 2 aromatic rings. The number of nitrogens with one attached hydrogen (secondary N) is 1. The Bertz CT molecular complexity index is 725. The van der Waals surface area contributed by atoms with Crippen LogP contribution in [-0.4, -0.2) is 24.9 Å². The van der Waals surface area contributed by atoms with Crippen LogP contribution in [0.15, 0.2) is 48.5 Å². The second kappa shape index (κ2) is 8.29. The molecule has 0 aliphatic heterocycles. The maximum atomic E-state index is 12.4. The van der Waals surface area contributed by atoms with Crippen molar-refractivity contribution in [3.8, 4) is 0 Å². The topological polar surface area (TPSA) is 49.4 Å². The predicted molar refractivity (Wildman–Crippen MR) is 97.1 cm³/mol. The Morgan fingerprint density at radius 1 is 1.00 bits per heavy atom. The van der Waals surface area contributed by atoms with Crippen molar-refractivity contribution >= 4 is 17.5 Å². The van der Waals surface area contributed by atoms with Crippen LogP contribution < -0.4 is 10.2 Å². The summed E-state index contributed by atoms with van der Waals surface area (Å²) in [5.41, 5.74) is 4.02. The number of rotatable bonds is 6. The molecular weight excluding hydrogens is 300 g/mol. The highest BCUT2D eigenvalue weighted by molar-refractivity contribution is 5.96. The Morgan fingerprint density at radius 2 is 1.67 bits per heavy atom. The van der Waals surface area contributed by atoms with E-state index in [0.29, 0.717) is 6.54 Å². The molecule has 0 unspecified atom stereocenters. The van der Waals surface area contributed by atoms with Gasteiger partial charge in [-0.05, 0) is 44.0 Å². The molecule has 126 valence electrons. The van der Waals surface area contributed by atoms with E-state index in [1.807, 2.05) is 69.3 Å². The van der Waals surface area contributed by atoms with E-state index in [2.05, 4.69) is 5.32 Å². The molecule has 24 heavy (non-hydrogen) atoms. The number of amides is 2. The van der Waals surface area contributed by atoms with Crippen molar-refractivity contribution in [1.29, 1.82) is 0 Å². The van der Waals surface area contributed by atoms with Gasteiger partial charge >= 0.3 is 0 Å². The van der Waals surface area contributed by atoms with E-state index in [4.69, 9.17) is 0 Å². The summed E-state index contributed by atoms with van der Waals surface area (Å²) >= 11 is 0. The SMILES string of the molecule is CCN(C(=O)CNC(=O)Cc1cccc(C)c1)c1cccc(C)c1. The maximum Gasteiger partial charge on any atom is 0.246 e. The lowest BCUT2D eigenvalue weighted by atomic mass is 10.1. The average Bonchev–Trinajstić information content (AvgIpc) is 2.54. The number of carbonyl (C=O) groups is 2. The van der Waals surface area contributed by atoms with Crippen molar-refractivity contribution in [3.05, 3.63) is 65.2 Å². The molecule has 0 atom stereocenters. The Balaban J connectivity index is 1.92. The van der Waals surface area contributed by atoms with Crippen molar-refractivity contribution in [2.45, 2.75) is 27.2 Å². The third-order valence-corrected chi connectivity index (χ3v) is 3.81. The highest BCUT2D eigenvalue weighted by atomic mass is 16.2. The van der Waals surface area contributed by atoms with Gasteiger partial charge in [0.25, 0.3) is 0 Å². The zero-order chi connectivity index (χ0) is 17.5. The lowest BCUT2D eigenvalue weighted by Gasteiger charge is -2.21. The molecule has 0 spiro atoms. The predicted octanol–water partition coefficient (Wildman–Crippen LogP) is 3.02. The van der Waals surface area contributed by atoms with Gasteiger partial charge in [0.15, 0.2) is 0 Å². The standard InChI is InChI=1S/C20H24N2O2/c1-4-22(18-10-6-8-16(3)12-18)20(24)14-21-19(23)13-17-9-5-7-15(2)11-17/h5-12H,4,13-14H2,1-3H3,(H,21,23). The van der Waals surface area contributed by atoms with Gasteiger partial charge in [-0.3, -0.25) is 9.59 Å². The summed E-state index contributed by atoms with van der Waals surface area (Å²) in [6, 6.07) is 15.6. The molecule has 0 radical (unpaired) electrons. The molecule has 0 aromatic heterocycles. The maximum absolute atomic E-state index is 12.4. The third-order valence-electron chi connectivity index (χ3n) is 3.81.